The molecular formula is C13H15ClN2O2S. The first-order chi connectivity index (χ1) is 8.97. The molecule has 6 heteroatoms. The number of amides is 2. The first-order valence-corrected chi connectivity index (χ1v) is 7.27. The standard InChI is InChI=1S/C13H15ClN2O2S/c1-8(2)7-16-12(17)11(19-13(16)18)15-10-5-3-9(14)4-6-10/h3-6,8,11,15H,7H2,1-2H3. The smallest absolute Gasteiger partial charge is 0.290 e. The zero-order valence-corrected chi connectivity index (χ0v) is 12.3. The fourth-order valence-electron chi connectivity index (χ4n) is 1.76. The zero-order chi connectivity index (χ0) is 14.0. The monoisotopic (exact) mass is 298 g/mol. The maximum absolute atomic E-state index is 12.1. The van der Waals surface area contributed by atoms with Crippen molar-refractivity contribution < 1.29 is 9.59 Å². The van der Waals surface area contributed by atoms with Crippen LogP contribution in [-0.4, -0.2) is 28.0 Å². The van der Waals surface area contributed by atoms with E-state index in [2.05, 4.69) is 5.32 Å². The lowest BCUT2D eigenvalue weighted by Gasteiger charge is -2.16. The van der Waals surface area contributed by atoms with Crippen molar-refractivity contribution >= 4 is 40.2 Å². The number of hydrogen-bond acceptors (Lipinski definition) is 4. The summed E-state index contributed by atoms with van der Waals surface area (Å²) in [5, 5.41) is 2.94. The van der Waals surface area contributed by atoms with E-state index in [0.717, 1.165) is 17.4 Å². The minimum atomic E-state index is -0.549. The number of carbonyl (C=O) groups is 2. The van der Waals surface area contributed by atoms with E-state index in [1.54, 1.807) is 24.3 Å². The van der Waals surface area contributed by atoms with Crippen molar-refractivity contribution in [2.75, 3.05) is 11.9 Å². The SMILES string of the molecule is CC(C)CN1C(=O)SC(Nc2ccc(Cl)cc2)C1=O. The van der Waals surface area contributed by atoms with Crippen LogP contribution >= 0.6 is 23.4 Å². The van der Waals surface area contributed by atoms with Crippen molar-refractivity contribution in [2.24, 2.45) is 5.92 Å². The summed E-state index contributed by atoms with van der Waals surface area (Å²) in [4.78, 5) is 25.2. The Morgan fingerprint density at radius 3 is 2.53 bits per heavy atom. The van der Waals surface area contributed by atoms with E-state index in [-0.39, 0.29) is 17.1 Å². The minimum absolute atomic E-state index is 0.182. The van der Waals surface area contributed by atoms with Gasteiger partial charge in [0.1, 0.15) is 0 Å². The number of nitrogens with zero attached hydrogens (tertiary/aromatic N) is 1. The first kappa shape index (κ1) is 14.2. The van der Waals surface area contributed by atoms with Crippen LogP contribution < -0.4 is 5.32 Å². The molecule has 1 atom stereocenters. The van der Waals surface area contributed by atoms with Crippen LogP contribution in [-0.2, 0) is 4.79 Å². The lowest BCUT2D eigenvalue weighted by molar-refractivity contribution is -0.126. The molecule has 0 bridgehead atoms. The van der Waals surface area contributed by atoms with Gasteiger partial charge in [-0.15, -0.1) is 0 Å². The third-order valence-electron chi connectivity index (χ3n) is 2.62. The number of benzene rings is 1. The molecule has 0 spiro atoms. The second-order valence-corrected chi connectivity index (χ2v) is 6.25. The number of halogens is 1. The Morgan fingerprint density at radius 1 is 1.32 bits per heavy atom. The molecule has 19 heavy (non-hydrogen) atoms. The zero-order valence-electron chi connectivity index (χ0n) is 10.7. The van der Waals surface area contributed by atoms with Gasteiger partial charge in [0.05, 0.1) is 0 Å². The normalized spacial score (nSPS) is 19.4. The van der Waals surface area contributed by atoms with E-state index in [4.69, 9.17) is 11.6 Å². The highest BCUT2D eigenvalue weighted by atomic mass is 35.5. The number of rotatable bonds is 4. The second kappa shape index (κ2) is 5.84. The molecule has 1 aromatic carbocycles. The number of hydrogen-bond donors (Lipinski definition) is 1. The molecule has 4 nitrogen and oxygen atoms in total. The van der Waals surface area contributed by atoms with Gasteiger partial charge >= 0.3 is 0 Å². The van der Waals surface area contributed by atoms with Crippen molar-refractivity contribution in [1.82, 2.24) is 4.90 Å². The highest BCUT2D eigenvalue weighted by Gasteiger charge is 2.39. The molecule has 1 aliphatic rings. The van der Waals surface area contributed by atoms with Crippen LogP contribution in [0.25, 0.3) is 0 Å². The van der Waals surface area contributed by atoms with E-state index in [9.17, 15) is 9.59 Å². The van der Waals surface area contributed by atoms with E-state index < -0.39 is 5.37 Å². The number of nitrogens with one attached hydrogen (secondary N) is 1. The molecule has 1 fully saturated rings. The molecule has 2 rings (SSSR count). The van der Waals surface area contributed by atoms with Crippen molar-refractivity contribution in [3.8, 4) is 0 Å². The van der Waals surface area contributed by atoms with E-state index >= 15 is 0 Å². The van der Waals surface area contributed by atoms with Crippen molar-refractivity contribution in [2.45, 2.75) is 19.2 Å². The molecule has 1 saturated heterocycles. The van der Waals surface area contributed by atoms with Gasteiger partial charge in [-0.05, 0) is 41.9 Å². The van der Waals surface area contributed by atoms with Gasteiger partial charge in [0, 0.05) is 17.3 Å². The minimum Gasteiger partial charge on any atom is -0.365 e. The van der Waals surface area contributed by atoms with Crippen LogP contribution in [0, 0.1) is 5.92 Å². The van der Waals surface area contributed by atoms with Gasteiger partial charge in [-0.2, -0.15) is 0 Å². The Labute approximate surface area is 121 Å². The van der Waals surface area contributed by atoms with E-state index in [1.165, 1.54) is 4.90 Å². The summed E-state index contributed by atoms with van der Waals surface area (Å²) in [5.74, 6) is 0.0847. The molecule has 0 aromatic heterocycles. The third kappa shape index (κ3) is 3.42. The summed E-state index contributed by atoms with van der Waals surface area (Å²) in [6.07, 6.45) is 0. The van der Waals surface area contributed by atoms with Gasteiger partial charge in [0.25, 0.3) is 11.1 Å². The Morgan fingerprint density at radius 2 is 1.95 bits per heavy atom. The summed E-state index contributed by atoms with van der Waals surface area (Å²) < 4.78 is 0. The lowest BCUT2D eigenvalue weighted by atomic mass is 10.2. The fourth-order valence-corrected chi connectivity index (χ4v) is 2.81. The Hall–Kier alpha value is -1.20. The van der Waals surface area contributed by atoms with Gasteiger partial charge in [0.2, 0.25) is 0 Å². The molecule has 1 aromatic rings. The van der Waals surface area contributed by atoms with Crippen molar-refractivity contribution in [3.05, 3.63) is 29.3 Å². The highest BCUT2D eigenvalue weighted by Crippen LogP contribution is 2.29. The van der Waals surface area contributed by atoms with Crippen LogP contribution in [0.2, 0.25) is 5.02 Å². The number of imide groups is 1. The summed E-state index contributed by atoms with van der Waals surface area (Å²) in [7, 11) is 0. The van der Waals surface area contributed by atoms with Gasteiger partial charge in [-0.3, -0.25) is 14.5 Å². The molecule has 1 heterocycles. The highest BCUT2D eigenvalue weighted by molar-refractivity contribution is 8.15. The van der Waals surface area contributed by atoms with Crippen LogP contribution in [0.4, 0.5) is 10.5 Å². The average Bonchev–Trinajstić information content (AvgIpc) is 2.60. The molecule has 2 amide bonds. The molecular weight excluding hydrogens is 284 g/mol. The number of anilines is 1. The van der Waals surface area contributed by atoms with Gasteiger partial charge < -0.3 is 5.32 Å². The molecule has 1 N–H and O–H groups in total. The Balaban J connectivity index is 2.04. The van der Waals surface area contributed by atoms with Gasteiger partial charge in [-0.1, -0.05) is 25.4 Å². The summed E-state index contributed by atoms with van der Waals surface area (Å²) in [6.45, 7) is 4.42. The van der Waals surface area contributed by atoms with Gasteiger partial charge in [0.15, 0.2) is 5.37 Å². The van der Waals surface area contributed by atoms with Crippen LogP contribution in [0.1, 0.15) is 13.8 Å². The molecule has 102 valence electrons. The van der Waals surface area contributed by atoms with Crippen molar-refractivity contribution in [1.29, 1.82) is 0 Å². The molecule has 0 radical (unpaired) electrons. The summed E-state index contributed by atoms with van der Waals surface area (Å²) >= 11 is 6.81. The number of carbonyl (C=O) groups excluding carboxylic acids is 2. The lowest BCUT2D eigenvalue weighted by Crippen LogP contribution is -2.36. The summed E-state index contributed by atoms with van der Waals surface area (Å²) in [5.41, 5.74) is 0.773. The predicted octanol–water partition coefficient (Wildman–Crippen LogP) is 3.43. The third-order valence-corrected chi connectivity index (χ3v) is 3.85. The molecule has 1 unspecified atom stereocenters. The quantitative estimate of drug-likeness (QED) is 0.925. The average molecular weight is 299 g/mol. The second-order valence-electron chi connectivity index (χ2n) is 4.76. The fraction of sp³-hybridized carbons (Fsp3) is 0.385. The Kier molecular flexibility index (Phi) is 4.37. The van der Waals surface area contributed by atoms with E-state index in [1.807, 2.05) is 13.8 Å². The van der Waals surface area contributed by atoms with Crippen LogP contribution in [0.5, 0.6) is 0 Å². The Bertz CT molecular complexity index is 490. The molecule has 1 aliphatic heterocycles. The maximum Gasteiger partial charge on any atom is 0.290 e. The first-order valence-electron chi connectivity index (χ1n) is 6.01. The van der Waals surface area contributed by atoms with Crippen LogP contribution in [0.3, 0.4) is 0 Å². The predicted molar refractivity (Wildman–Crippen MR) is 78.4 cm³/mol. The van der Waals surface area contributed by atoms with Crippen molar-refractivity contribution in [3.63, 3.8) is 0 Å². The topological polar surface area (TPSA) is 49.4 Å². The summed E-state index contributed by atoms with van der Waals surface area (Å²) in [6, 6.07) is 7.04. The molecule has 0 saturated carbocycles. The largest absolute Gasteiger partial charge is 0.365 e. The molecule has 0 aliphatic carbocycles. The number of thioether (sulfide) groups is 1. The maximum atomic E-state index is 12.1. The van der Waals surface area contributed by atoms with Gasteiger partial charge in [-0.25, -0.2) is 0 Å². The van der Waals surface area contributed by atoms with Crippen LogP contribution in [0.15, 0.2) is 24.3 Å². The van der Waals surface area contributed by atoms with E-state index in [0.29, 0.717) is 11.6 Å².